The third-order valence-corrected chi connectivity index (χ3v) is 3.69. The largest absolute Gasteiger partial charge is 0.445 e. The van der Waals surface area contributed by atoms with Gasteiger partial charge >= 0.3 is 6.18 Å². The minimum absolute atomic E-state index is 0.00100. The number of nitrogens with one attached hydrogen (secondary N) is 1. The molecule has 1 atom stereocenters. The Labute approximate surface area is 129 Å². The van der Waals surface area contributed by atoms with Gasteiger partial charge < -0.3 is 10.1 Å². The normalized spacial score (nSPS) is 24.3. The molecule has 3 rings (SSSR count). The van der Waals surface area contributed by atoms with Gasteiger partial charge in [0.25, 0.3) is 10.8 Å². The van der Waals surface area contributed by atoms with Gasteiger partial charge in [-0.1, -0.05) is 17.5 Å². The zero-order valence-corrected chi connectivity index (χ0v) is 12.1. The molecule has 1 aromatic rings. The van der Waals surface area contributed by atoms with Crippen LogP contribution in [0.4, 0.5) is 18.9 Å². The molecule has 0 saturated heterocycles. The number of anilines is 1. The van der Waals surface area contributed by atoms with Crippen LogP contribution in [0, 0.1) is 17.8 Å². The number of fused-ring (bicyclic) bond motifs is 1. The van der Waals surface area contributed by atoms with Crippen LogP contribution in [0.25, 0.3) is 0 Å². The maximum atomic E-state index is 13.7. The van der Waals surface area contributed by atoms with Gasteiger partial charge in [-0.05, 0) is 49.2 Å². The van der Waals surface area contributed by atoms with Crippen LogP contribution in [-0.4, -0.2) is 11.4 Å². The summed E-state index contributed by atoms with van der Waals surface area (Å²) in [7, 11) is 0. The minimum atomic E-state index is -4.74. The van der Waals surface area contributed by atoms with Crippen LogP contribution in [0.1, 0.15) is 18.4 Å². The predicted molar refractivity (Wildman–Crippen MR) is 77.0 cm³/mol. The number of hydrogen-bond acceptors (Lipinski definition) is 2. The maximum Gasteiger partial charge on any atom is 0.445 e. The molecular formula is C14H9ClF3NOS. The fourth-order valence-electron chi connectivity index (χ4n) is 2.05. The average molecular weight is 332 g/mol. The Morgan fingerprint density at radius 3 is 2.71 bits per heavy atom. The molecule has 1 heterocycles. The van der Waals surface area contributed by atoms with Crippen molar-refractivity contribution in [2.75, 3.05) is 5.32 Å². The smallest absolute Gasteiger partial charge is 0.436 e. The van der Waals surface area contributed by atoms with Crippen molar-refractivity contribution < 1.29 is 17.9 Å². The summed E-state index contributed by atoms with van der Waals surface area (Å²) in [6.07, 6.45) is -3.11. The summed E-state index contributed by atoms with van der Waals surface area (Å²) in [6, 6.07) is 4.13. The van der Waals surface area contributed by atoms with Gasteiger partial charge in [0.2, 0.25) is 0 Å². The van der Waals surface area contributed by atoms with E-state index in [-0.39, 0.29) is 27.4 Å². The van der Waals surface area contributed by atoms with Crippen molar-refractivity contribution in [3.63, 3.8) is 0 Å². The van der Waals surface area contributed by atoms with Gasteiger partial charge in [0, 0.05) is 16.5 Å². The summed E-state index contributed by atoms with van der Waals surface area (Å²) < 4.78 is 46.0. The average Bonchev–Trinajstić information content (AvgIpc) is 3.19. The standard InChI is InChI=1S/C14H9ClF3NOS/c15-9-3-4-11-10(7-9)13(14(16,17)18,20-12(21)19-11)6-5-8-1-2-8/h3-4,7-8H,1-2H2,(H,19,21)/t13-/m0/s1. The fourth-order valence-corrected chi connectivity index (χ4v) is 2.46. The van der Waals surface area contributed by atoms with E-state index in [0.717, 1.165) is 12.8 Å². The first-order valence-electron chi connectivity index (χ1n) is 6.21. The van der Waals surface area contributed by atoms with Crippen LogP contribution < -0.4 is 5.32 Å². The second-order valence-corrected chi connectivity index (χ2v) is 5.73. The molecule has 7 heteroatoms. The van der Waals surface area contributed by atoms with E-state index in [1.807, 2.05) is 0 Å². The lowest BCUT2D eigenvalue weighted by atomic mass is 9.90. The van der Waals surface area contributed by atoms with E-state index in [1.165, 1.54) is 18.2 Å². The quantitative estimate of drug-likeness (QED) is 0.567. The number of hydrogen-bond donors (Lipinski definition) is 1. The van der Waals surface area contributed by atoms with Crippen LogP contribution >= 0.6 is 23.8 Å². The second-order valence-electron chi connectivity index (χ2n) is 4.93. The van der Waals surface area contributed by atoms with Crippen molar-refractivity contribution in [2.24, 2.45) is 5.92 Å². The molecule has 1 aliphatic heterocycles. The number of rotatable bonds is 0. The monoisotopic (exact) mass is 331 g/mol. The van der Waals surface area contributed by atoms with Gasteiger partial charge in [0.1, 0.15) is 0 Å². The van der Waals surface area contributed by atoms with E-state index in [0.29, 0.717) is 0 Å². The first kappa shape index (κ1) is 14.5. The summed E-state index contributed by atoms with van der Waals surface area (Å²) in [4.78, 5) is 0. The molecule has 1 fully saturated rings. The third kappa shape index (κ3) is 2.56. The van der Waals surface area contributed by atoms with Crippen LogP contribution in [0.15, 0.2) is 18.2 Å². The molecule has 2 nitrogen and oxygen atoms in total. The van der Waals surface area contributed by atoms with Gasteiger partial charge in [-0.2, -0.15) is 13.2 Å². The Kier molecular flexibility index (Phi) is 3.30. The Morgan fingerprint density at radius 2 is 2.10 bits per heavy atom. The number of benzene rings is 1. The zero-order chi connectivity index (χ0) is 15.3. The first-order valence-corrected chi connectivity index (χ1v) is 7.00. The minimum Gasteiger partial charge on any atom is -0.436 e. The van der Waals surface area contributed by atoms with E-state index in [9.17, 15) is 13.2 Å². The van der Waals surface area contributed by atoms with Crippen LogP contribution in [-0.2, 0) is 10.3 Å². The topological polar surface area (TPSA) is 21.3 Å². The lowest BCUT2D eigenvalue weighted by molar-refractivity contribution is -0.234. The SMILES string of the molecule is FC(F)(F)[C@@]1(C#CC2CC2)OC(=S)Nc2ccc(Cl)cc21. The Morgan fingerprint density at radius 1 is 1.38 bits per heavy atom. The Balaban J connectivity index is 2.22. The Hall–Kier alpha value is -1.45. The summed E-state index contributed by atoms with van der Waals surface area (Å²) >= 11 is 10.6. The summed E-state index contributed by atoms with van der Waals surface area (Å²) in [5.41, 5.74) is -2.72. The van der Waals surface area contributed by atoms with Crippen molar-refractivity contribution in [3.05, 3.63) is 28.8 Å². The molecule has 0 unspecified atom stereocenters. The van der Waals surface area contributed by atoms with Crippen LogP contribution in [0.3, 0.4) is 0 Å². The highest BCUT2D eigenvalue weighted by molar-refractivity contribution is 7.80. The van der Waals surface area contributed by atoms with Gasteiger partial charge in [-0.25, -0.2) is 0 Å². The van der Waals surface area contributed by atoms with Crippen LogP contribution in [0.2, 0.25) is 5.02 Å². The van der Waals surface area contributed by atoms with E-state index < -0.39 is 11.8 Å². The molecular weight excluding hydrogens is 323 g/mol. The molecule has 0 bridgehead atoms. The number of ether oxygens (including phenoxy) is 1. The molecule has 1 aliphatic carbocycles. The summed E-state index contributed by atoms with van der Waals surface area (Å²) in [5.74, 6) is 4.90. The van der Waals surface area contributed by atoms with E-state index in [4.69, 9.17) is 28.6 Å². The molecule has 110 valence electrons. The molecule has 1 aromatic carbocycles. The van der Waals surface area contributed by atoms with Crippen molar-refractivity contribution >= 4 is 34.7 Å². The van der Waals surface area contributed by atoms with Crippen molar-refractivity contribution in [1.82, 2.24) is 0 Å². The summed E-state index contributed by atoms with van der Waals surface area (Å²) in [6.45, 7) is 0. The first-order chi connectivity index (χ1) is 9.82. The van der Waals surface area contributed by atoms with Gasteiger partial charge in [-0.3, -0.25) is 0 Å². The molecule has 2 aliphatic rings. The van der Waals surface area contributed by atoms with E-state index in [1.54, 1.807) is 0 Å². The summed E-state index contributed by atoms with van der Waals surface area (Å²) in [5, 5.41) is 2.42. The highest BCUT2D eigenvalue weighted by Gasteiger charge is 2.61. The van der Waals surface area contributed by atoms with Gasteiger partial charge in [0.05, 0.1) is 5.69 Å². The third-order valence-electron chi connectivity index (χ3n) is 3.27. The number of alkyl halides is 3. The molecule has 1 saturated carbocycles. The molecule has 1 N–H and O–H groups in total. The maximum absolute atomic E-state index is 13.7. The number of thiocarbonyl (C=S) groups is 1. The lowest BCUT2D eigenvalue weighted by Crippen LogP contribution is -2.49. The molecule has 0 radical (unpaired) electrons. The molecule has 0 aromatic heterocycles. The van der Waals surface area contributed by atoms with E-state index >= 15 is 0 Å². The second kappa shape index (κ2) is 4.79. The highest BCUT2D eigenvalue weighted by Crippen LogP contribution is 2.48. The van der Waals surface area contributed by atoms with Gasteiger partial charge in [-0.15, -0.1) is 0 Å². The predicted octanol–water partition coefficient (Wildman–Crippen LogP) is 4.24. The van der Waals surface area contributed by atoms with Gasteiger partial charge in [0.15, 0.2) is 0 Å². The highest BCUT2D eigenvalue weighted by atomic mass is 35.5. The molecule has 21 heavy (non-hydrogen) atoms. The zero-order valence-electron chi connectivity index (χ0n) is 10.6. The molecule has 0 spiro atoms. The van der Waals surface area contributed by atoms with Crippen molar-refractivity contribution in [2.45, 2.75) is 24.6 Å². The van der Waals surface area contributed by atoms with Crippen LogP contribution in [0.5, 0.6) is 0 Å². The van der Waals surface area contributed by atoms with Crippen molar-refractivity contribution in [1.29, 1.82) is 0 Å². The lowest BCUT2D eigenvalue weighted by Gasteiger charge is -2.37. The fraction of sp³-hybridized carbons (Fsp3) is 0.357. The van der Waals surface area contributed by atoms with E-state index in [2.05, 4.69) is 17.2 Å². The number of halogens is 4. The molecule has 0 amide bonds. The van der Waals surface area contributed by atoms with Crippen molar-refractivity contribution in [3.8, 4) is 11.8 Å². The Bertz CT molecular complexity index is 675.